The predicted octanol–water partition coefficient (Wildman–Crippen LogP) is 5.44. The Morgan fingerprint density at radius 2 is 1.80 bits per heavy atom. The lowest BCUT2D eigenvalue weighted by Gasteiger charge is -2.25. The second-order valence-corrected chi connectivity index (χ2v) is 13.0. The van der Waals surface area contributed by atoms with Gasteiger partial charge >= 0.3 is 0 Å². The lowest BCUT2D eigenvalue weighted by molar-refractivity contribution is 0.421. The summed E-state index contributed by atoms with van der Waals surface area (Å²) in [5.74, 6) is 0.105. The van der Waals surface area contributed by atoms with Gasteiger partial charge in [0.15, 0.2) is 0 Å². The van der Waals surface area contributed by atoms with Crippen LogP contribution in [0.4, 0.5) is 4.39 Å². The smallest absolute Gasteiger partial charge is 0.246 e. The molecule has 7 nitrogen and oxygen atoms in total. The van der Waals surface area contributed by atoms with E-state index in [1.165, 1.54) is 23.9 Å². The summed E-state index contributed by atoms with van der Waals surface area (Å²) < 4.78 is 46.2. The van der Waals surface area contributed by atoms with E-state index in [0.29, 0.717) is 19.6 Å². The van der Waals surface area contributed by atoms with Crippen LogP contribution < -0.4 is 0 Å². The summed E-state index contributed by atoms with van der Waals surface area (Å²) in [5, 5.41) is 9.85. The van der Waals surface area contributed by atoms with E-state index in [0.717, 1.165) is 34.1 Å². The highest BCUT2D eigenvalue weighted by atomic mass is 32.2. The summed E-state index contributed by atoms with van der Waals surface area (Å²) in [7, 11) is -3.68. The van der Waals surface area contributed by atoms with E-state index in [2.05, 4.69) is 53.5 Å². The molecule has 1 saturated heterocycles. The van der Waals surface area contributed by atoms with Crippen LogP contribution in [0.2, 0.25) is 0 Å². The van der Waals surface area contributed by atoms with Gasteiger partial charge in [0.05, 0.1) is 23.6 Å². The highest BCUT2D eigenvalue weighted by Gasteiger charge is 2.71. The van der Waals surface area contributed by atoms with Gasteiger partial charge in [-0.1, -0.05) is 37.3 Å². The number of rotatable bonds is 7. The fourth-order valence-electron chi connectivity index (χ4n) is 6.85. The van der Waals surface area contributed by atoms with Gasteiger partial charge in [-0.05, 0) is 72.4 Å². The molecule has 204 valence electrons. The maximum atomic E-state index is 13.7. The average Bonchev–Trinajstić information content (AvgIpc) is 3.40. The minimum atomic E-state index is -3.68. The van der Waals surface area contributed by atoms with Gasteiger partial charge in [-0.25, -0.2) is 17.5 Å². The molecule has 9 heteroatoms. The standard InChI is InChI=1S/C31H30FN5O2S/c1-3-13-35-18-26(17-33-35)40(38,39)36-19-28-30(22-7-5-4-6-8-22)31(28,20-36)27-15-23-16-34-37(29(23)14-21(27)2)25-11-9-24(32)10-12-25/h4-12,14-18,28,30H,3,13,19-20H2,1-2H3/t28-,30-,31+/m0/s1. The Hall–Kier alpha value is -3.82. The molecule has 7 rings (SSSR count). The summed E-state index contributed by atoms with van der Waals surface area (Å²) in [6.45, 7) is 5.70. The first kappa shape index (κ1) is 25.2. The Morgan fingerprint density at radius 3 is 2.55 bits per heavy atom. The molecule has 1 aliphatic heterocycles. The molecule has 5 aromatic rings. The van der Waals surface area contributed by atoms with Crippen molar-refractivity contribution in [3.8, 4) is 5.69 Å². The van der Waals surface area contributed by atoms with Crippen molar-refractivity contribution in [1.82, 2.24) is 23.9 Å². The third-order valence-corrected chi connectivity index (χ3v) is 10.5. The number of nitrogens with zero attached hydrogens (tertiary/aromatic N) is 5. The third kappa shape index (κ3) is 3.75. The van der Waals surface area contributed by atoms with Crippen LogP contribution in [0, 0.1) is 18.7 Å². The lowest BCUT2D eigenvalue weighted by Crippen LogP contribution is -2.34. The molecule has 0 bridgehead atoms. The fourth-order valence-corrected chi connectivity index (χ4v) is 8.32. The molecule has 3 aromatic carbocycles. The zero-order valence-electron chi connectivity index (χ0n) is 22.4. The molecule has 0 radical (unpaired) electrons. The summed E-state index contributed by atoms with van der Waals surface area (Å²) in [4.78, 5) is 0.251. The largest absolute Gasteiger partial charge is 0.271 e. The average molecular weight is 556 g/mol. The summed E-state index contributed by atoms with van der Waals surface area (Å²) in [6.07, 6.45) is 5.83. The van der Waals surface area contributed by atoms with E-state index in [9.17, 15) is 12.8 Å². The molecule has 0 amide bonds. The Bertz CT molecular complexity index is 1830. The van der Waals surface area contributed by atoms with Crippen LogP contribution in [0.3, 0.4) is 0 Å². The zero-order valence-corrected chi connectivity index (χ0v) is 23.2. The molecule has 0 unspecified atom stereocenters. The third-order valence-electron chi connectivity index (χ3n) is 8.69. The minimum Gasteiger partial charge on any atom is -0.271 e. The first-order valence-corrected chi connectivity index (χ1v) is 15.1. The van der Waals surface area contributed by atoms with Gasteiger partial charge in [-0.15, -0.1) is 0 Å². The van der Waals surface area contributed by atoms with Gasteiger partial charge in [-0.3, -0.25) is 4.68 Å². The Labute approximate surface area is 232 Å². The maximum Gasteiger partial charge on any atom is 0.246 e. The van der Waals surface area contributed by atoms with Gasteiger partial charge in [0.2, 0.25) is 10.0 Å². The van der Waals surface area contributed by atoms with Crippen LogP contribution in [0.1, 0.15) is 36.0 Å². The summed E-state index contributed by atoms with van der Waals surface area (Å²) in [6, 6.07) is 21.0. The van der Waals surface area contributed by atoms with Gasteiger partial charge in [0, 0.05) is 42.6 Å². The number of halogens is 1. The van der Waals surface area contributed by atoms with Crippen LogP contribution >= 0.6 is 0 Å². The molecular formula is C31H30FN5O2S. The first-order valence-electron chi connectivity index (χ1n) is 13.7. The van der Waals surface area contributed by atoms with Crippen molar-refractivity contribution in [3.05, 3.63) is 108 Å². The number of hydrogen-bond acceptors (Lipinski definition) is 4. The number of piperidine rings is 1. The van der Waals surface area contributed by atoms with E-state index in [-0.39, 0.29) is 28.0 Å². The van der Waals surface area contributed by atoms with Gasteiger partial charge in [-0.2, -0.15) is 14.5 Å². The number of aryl methyl sites for hydroxylation is 2. The van der Waals surface area contributed by atoms with Gasteiger partial charge < -0.3 is 0 Å². The second-order valence-electron chi connectivity index (χ2n) is 11.0. The monoisotopic (exact) mass is 555 g/mol. The maximum absolute atomic E-state index is 13.7. The van der Waals surface area contributed by atoms with Crippen molar-refractivity contribution in [2.75, 3.05) is 13.1 Å². The van der Waals surface area contributed by atoms with Gasteiger partial charge in [0.25, 0.3) is 0 Å². The van der Waals surface area contributed by atoms with Crippen molar-refractivity contribution in [2.45, 2.75) is 43.0 Å². The van der Waals surface area contributed by atoms with E-state index in [1.54, 1.807) is 27.3 Å². The number of aromatic nitrogens is 4. The molecule has 2 aliphatic rings. The molecule has 0 spiro atoms. The van der Waals surface area contributed by atoms with Crippen molar-refractivity contribution >= 4 is 20.9 Å². The van der Waals surface area contributed by atoms with E-state index < -0.39 is 10.0 Å². The quantitative estimate of drug-likeness (QED) is 0.268. The Balaban J connectivity index is 1.30. The van der Waals surface area contributed by atoms with Gasteiger partial charge in [0.1, 0.15) is 10.7 Å². The van der Waals surface area contributed by atoms with E-state index in [1.807, 2.05) is 23.9 Å². The van der Waals surface area contributed by atoms with Crippen LogP contribution in [0.5, 0.6) is 0 Å². The second kappa shape index (κ2) is 9.11. The number of benzene rings is 3. The topological polar surface area (TPSA) is 73.0 Å². The number of hydrogen-bond donors (Lipinski definition) is 0. The molecule has 1 aliphatic carbocycles. The molecule has 2 aromatic heterocycles. The van der Waals surface area contributed by atoms with E-state index >= 15 is 0 Å². The normalized spacial score (nSPS) is 22.6. The molecule has 1 saturated carbocycles. The molecule has 40 heavy (non-hydrogen) atoms. The van der Waals surface area contributed by atoms with Crippen molar-refractivity contribution in [3.63, 3.8) is 0 Å². The Morgan fingerprint density at radius 1 is 1.02 bits per heavy atom. The highest BCUT2D eigenvalue weighted by Crippen LogP contribution is 2.70. The minimum absolute atomic E-state index is 0.165. The van der Waals surface area contributed by atoms with Crippen molar-refractivity contribution in [2.24, 2.45) is 5.92 Å². The van der Waals surface area contributed by atoms with Crippen molar-refractivity contribution in [1.29, 1.82) is 0 Å². The molecule has 2 fully saturated rings. The molecule has 0 N–H and O–H groups in total. The van der Waals surface area contributed by atoms with Crippen LogP contribution in [-0.2, 0) is 22.0 Å². The van der Waals surface area contributed by atoms with Crippen LogP contribution in [0.25, 0.3) is 16.6 Å². The lowest BCUT2D eigenvalue weighted by atomic mass is 9.87. The van der Waals surface area contributed by atoms with Crippen LogP contribution in [0.15, 0.2) is 90.2 Å². The molecule has 3 heterocycles. The van der Waals surface area contributed by atoms with Crippen LogP contribution in [-0.4, -0.2) is 45.4 Å². The number of fused-ring (bicyclic) bond motifs is 2. The predicted molar refractivity (Wildman–Crippen MR) is 151 cm³/mol. The first-order chi connectivity index (χ1) is 19.3. The van der Waals surface area contributed by atoms with E-state index in [4.69, 9.17) is 0 Å². The SMILES string of the molecule is CCCn1cc(S(=O)(=O)N2C[C@H]3[C@H](c4ccccc4)[C@@]3(c3cc4cnn(-c5ccc(F)cc5)c4cc3C)C2)cn1. The summed E-state index contributed by atoms with van der Waals surface area (Å²) >= 11 is 0. The highest BCUT2D eigenvalue weighted by molar-refractivity contribution is 7.89. The zero-order chi connectivity index (χ0) is 27.6. The summed E-state index contributed by atoms with van der Waals surface area (Å²) in [5.41, 5.74) is 4.89. The number of sulfonamides is 1. The molecular weight excluding hydrogens is 525 g/mol. The van der Waals surface area contributed by atoms with Crippen molar-refractivity contribution < 1.29 is 12.8 Å². The molecule has 3 atom stereocenters. The Kier molecular flexibility index (Phi) is 5.73. The fraction of sp³-hybridized carbons (Fsp3) is 0.290.